The highest BCUT2D eigenvalue weighted by molar-refractivity contribution is 7.89. The molecular weight excluding hydrogens is 476 g/mol. The van der Waals surface area contributed by atoms with Crippen molar-refractivity contribution in [2.24, 2.45) is 0 Å². The summed E-state index contributed by atoms with van der Waals surface area (Å²) >= 11 is 6.97. The molecule has 1 N–H and O–H groups in total. The van der Waals surface area contributed by atoms with E-state index in [1.54, 1.807) is 28.7 Å². The third kappa shape index (κ3) is 6.59. The number of benzene rings is 4. The van der Waals surface area contributed by atoms with Gasteiger partial charge in [0.05, 0.1) is 17.0 Å². The number of halogens is 1. The summed E-state index contributed by atoms with van der Waals surface area (Å²) in [7, 11) is -3.81. The van der Waals surface area contributed by atoms with Crippen molar-refractivity contribution in [3.8, 4) is 0 Å². The highest BCUT2D eigenvalue weighted by Gasteiger charge is 2.33. The van der Waals surface area contributed by atoms with Crippen molar-refractivity contribution in [2.45, 2.75) is 30.3 Å². The summed E-state index contributed by atoms with van der Waals surface area (Å²) < 4.78 is 31.7. The van der Waals surface area contributed by atoms with Crippen LogP contribution >= 0.6 is 11.8 Å². The Balaban J connectivity index is 1.72. The monoisotopic (exact) mass is 504 g/mol. The van der Waals surface area contributed by atoms with Crippen molar-refractivity contribution in [3.05, 3.63) is 138 Å². The van der Waals surface area contributed by atoms with E-state index in [9.17, 15) is 8.42 Å². The average molecular weight is 505 g/mol. The summed E-state index contributed by atoms with van der Waals surface area (Å²) in [5.41, 5.74) is 3.93. The van der Waals surface area contributed by atoms with E-state index in [0.29, 0.717) is 6.54 Å². The number of rotatable bonds is 10. The lowest BCUT2D eigenvalue weighted by Crippen LogP contribution is -2.38. The minimum Gasteiger partial charge on any atom is -0.210 e. The SMILES string of the molecule is Cc1ccc(S(=O)(=O)NC(c2ccccc2)C(c2ccccc2)N(Cl)CCc2ccccc2)cc1. The number of aryl methyl sites for hydroxylation is 1. The third-order valence-electron chi connectivity index (χ3n) is 5.99. The van der Waals surface area contributed by atoms with Crippen LogP contribution in [0.3, 0.4) is 0 Å². The number of nitrogens with one attached hydrogen (secondary N) is 1. The molecule has 0 aliphatic rings. The Kier molecular flexibility index (Phi) is 8.37. The Hall–Kier alpha value is -2.96. The second-order valence-electron chi connectivity index (χ2n) is 8.54. The van der Waals surface area contributed by atoms with Gasteiger partial charge in [0.2, 0.25) is 10.0 Å². The van der Waals surface area contributed by atoms with E-state index in [2.05, 4.69) is 16.9 Å². The van der Waals surface area contributed by atoms with Crippen LogP contribution < -0.4 is 4.72 Å². The smallest absolute Gasteiger partial charge is 0.210 e. The molecular formula is C29H29ClN2O2S. The zero-order valence-corrected chi connectivity index (χ0v) is 21.2. The topological polar surface area (TPSA) is 49.4 Å². The molecule has 4 aromatic rings. The van der Waals surface area contributed by atoms with Gasteiger partial charge in [0, 0.05) is 6.54 Å². The standard InChI is InChI=1S/C29H29ClN2O2S/c1-23-17-19-27(20-18-23)35(33,34)31-28(25-13-7-3-8-14-25)29(26-15-9-4-10-16-26)32(30)22-21-24-11-5-2-6-12-24/h2-20,28-29,31H,21-22H2,1H3. The molecule has 0 aliphatic heterocycles. The molecule has 0 radical (unpaired) electrons. The second-order valence-corrected chi connectivity index (χ2v) is 10.7. The fourth-order valence-electron chi connectivity index (χ4n) is 4.11. The van der Waals surface area contributed by atoms with Crippen LogP contribution in [-0.2, 0) is 16.4 Å². The lowest BCUT2D eigenvalue weighted by Gasteiger charge is -2.34. The molecule has 180 valence electrons. The van der Waals surface area contributed by atoms with Crippen LogP contribution in [0.25, 0.3) is 0 Å². The van der Waals surface area contributed by atoms with Crippen LogP contribution in [-0.4, -0.2) is 19.4 Å². The van der Waals surface area contributed by atoms with Crippen molar-refractivity contribution < 1.29 is 8.42 Å². The summed E-state index contributed by atoms with van der Waals surface area (Å²) in [6.07, 6.45) is 0.736. The molecule has 0 saturated carbocycles. The summed E-state index contributed by atoms with van der Waals surface area (Å²) in [4.78, 5) is 0.223. The maximum absolute atomic E-state index is 13.5. The lowest BCUT2D eigenvalue weighted by atomic mass is 9.93. The highest BCUT2D eigenvalue weighted by Crippen LogP contribution is 2.36. The van der Waals surface area contributed by atoms with Crippen molar-refractivity contribution in [3.63, 3.8) is 0 Å². The van der Waals surface area contributed by atoms with Gasteiger partial charge in [0.15, 0.2) is 0 Å². The van der Waals surface area contributed by atoms with Crippen LogP contribution in [0.4, 0.5) is 0 Å². The molecule has 35 heavy (non-hydrogen) atoms. The number of hydrogen-bond acceptors (Lipinski definition) is 3. The van der Waals surface area contributed by atoms with Crippen molar-refractivity contribution in [1.82, 2.24) is 9.14 Å². The van der Waals surface area contributed by atoms with Crippen molar-refractivity contribution in [2.75, 3.05) is 6.54 Å². The first-order chi connectivity index (χ1) is 16.9. The molecule has 2 unspecified atom stereocenters. The summed E-state index contributed by atoms with van der Waals surface area (Å²) in [5, 5.41) is 0. The predicted molar refractivity (Wildman–Crippen MR) is 143 cm³/mol. The van der Waals surface area contributed by atoms with Crippen molar-refractivity contribution in [1.29, 1.82) is 0 Å². The first-order valence-corrected chi connectivity index (χ1v) is 13.4. The predicted octanol–water partition coefficient (Wildman–Crippen LogP) is 6.45. The Labute approximate surface area is 213 Å². The maximum Gasteiger partial charge on any atom is 0.241 e. The van der Waals surface area contributed by atoms with Gasteiger partial charge in [0.1, 0.15) is 0 Å². The summed E-state index contributed by atoms with van der Waals surface area (Å²) in [5.74, 6) is 0. The molecule has 0 bridgehead atoms. The molecule has 0 aromatic heterocycles. The quantitative estimate of drug-likeness (QED) is 0.252. The van der Waals surface area contributed by atoms with Crippen molar-refractivity contribution >= 4 is 21.8 Å². The summed E-state index contributed by atoms with van der Waals surface area (Å²) in [6.45, 7) is 2.47. The zero-order chi connectivity index (χ0) is 24.7. The van der Waals surface area contributed by atoms with Gasteiger partial charge < -0.3 is 0 Å². The van der Waals surface area contributed by atoms with Gasteiger partial charge in [-0.3, -0.25) is 0 Å². The van der Waals surface area contributed by atoms with Crippen LogP contribution in [0.2, 0.25) is 0 Å². The Morgan fingerprint density at radius 1 is 0.743 bits per heavy atom. The van der Waals surface area contributed by atoms with Gasteiger partial charge in [-0.1, -0.05) is 109 Å². The number of sulfonamides is 1. The van der Waals surface area contributed by atoms with E-state index < -0.39 is 22.1 Å². The van der Waals surface area contributed by atoms with Crippen LogP contribution in [0, 0.1) is 6.92 Å². The fourth-order valence-corrected chi connectivity index (χ4v) is 5.65. The van der Waals surface area contributed by atoms with Crippen LogP contribution in [0.1, 0.15) is 34.3 Å². The van der Waals surface area contributed by atoms with Gasteiger partial charge in [-0.25, -0.2) is 17.6 Å². The number of hydrogen-bond donors (Lipinski definition) is 1. The molecule has 2 atom stereocenters. The van der Waals surface area contributed by atoms with E-state index in [0.717, 1.165) is 23.1 Å². The van der Waals surface area contributed by atoms with E-state index in [1.165, 1.54) is 5.56 Å². The molecule has 0 spiro atoms. The molecule has 0 amide bonds. The van der Waals surface area contributed by atoms with E-state index >= 15 is 0 Å². The Morgan fingerprint density at radius 3 is 1.83 bits per heavy atom. The molecule has 0 heterocycles. The molecule has 0 saturated heterocycles. The van der Waals surface area contributed by atoms with Gasteiger partial charge >= 0.3 is 0 Å². The molecule has 4 rings (SSSR count). The zero-order valence-electron chi connectivity index (χ0n) is 19.6. The maximum atomic E-state index is 13.5. The first kappa shape index (κ1) is 25.1. The van der Waals surface area contributed by atoms with Crippen LogP contribution in [0.15, 0.2) is 120 Å². The molecule has 0 fully saturated rings. The Morgan fingerprint density at radius 2 is 1.26 bits per heavy atom. The lowest BCUT2D eigenvalue weighted by molar-refractivity contribution is 0.290. The Bertz CT molecular complexity index is 1300. The third-order valence-corrected chi connectivity index (χ3v) is 7.82. The van der Waals surface area contributed by atoms with E-state index in [-0.39, 0.29) is 4.90 Å². The van der Waals surface area contributed by atoms with E-state index in [4.69, 9.17) is 11.8 Å². The minimum atomic E-state index is -3.81. The normalized spacial score (nSPS) is 13.5. The average Bonchev–Trinajstić information content (AvgIpc) is 2.89. The molecule has 4 nitrogen and oxygen atoms in total. The van der Waals surface area contributed by atoms with Gasteiger partial charge in [-0.15, -0.1) is 0 Å². The van der Waals surface area contributed by atoms with Crippen LogP contribution in [0.5, 0.6) is 0 Å². The minimum absolute atomic E-state index is 0.223. The molecule has 0 aliphatic carbocycles. The fraction of sp³-hybridized carbons (Fsp3) is 0.172. The molecule has 4 aromatic carbocycles. The van der Waals surface area contributed by atoms with Gasteiger partial charge in [-0.2, -0.15) is 0 Å². The summed E-state index contributed by atoms with van der Waals surface area (Å²) in [6, 6.07) is 35.3. The highest BCUT2D eigenvalue weighted by atomic mass is 35.5. The first-order valence-electron chi connectivity index (χ1n) is 11.6. The van der Waals surface area contributed by atoms with Gasteiger partial charge in [0.25, 0.3) is 0 Å². The number of nitrogens with zero attached hydrogens (tertiary/aromatic N) is 1. The second kappa shape index (κ2) is 11.6. The van der Waals surface area contributed by atoms with E-state index in [1.807, 2.05) is 85.8 Å². The largest absolute Gasteiger partial charge is 0.241 e. The van der Waals surface area contributed by atoms with Gasteiger partial charge in [-0.05, 0) is 53.9 Å². The molecule has 6 heteroatoms.